The Hall–Kier alpha value is -0.430. The van der Waals surface area contributed by atoms with Gasteiger partial charge in [0, 0.05) is 8.95 Å². The molecule has 4 nitrogen and oxygen atoms in total. The van der Waals surface area contributed by atoms with Gasteiger partial charge in [-0.05, 0) is 60.1 Å². The predicted molar refractivity (Wildman–Crippen MR) is 86.9 cm³/mol. The van der Waals surface area contributed by atoms with Crippen LogP contribution in [0.4, 0.5) is 5.69 Å². The molecule has 2 rings (SSSR count). The monoisotopic (exact) mass is 404 g/mol. The molecule has 20 heavy (non-hydrogen) atoms. The molecular formula is C14H18Br2N2O2. The molecule has 0 spiro atoms. The average molecular weight is 406 g/mol. The van der Waals surface area contributed by atoms with Crippen LogP contribution in [0.5, 0.6) is 0 Å². The molecule has 6 heteroatoms. The summed E-state index contributed by atoms with van der Waals surface area (Å²) in [7, 11) is 0. The number of ether oxygens (including phenoxy) is 1. The lowest BCUT2D eigenvalue weighted by Gasteiger charge is -2.22. The Labute approximate surface area is 135 Å². The van der Waals surface area contributed by atoms with Crippen LogP contribution in [0.1, 0.15) is 19.3 Å². The first-order valence-electron chi connectivity index (χ1n) is 6.72. The van der Waals surface area contributed by atoms with E-state index in [0.717, 1.165) is 40.6 Å². The van der Waals surface area contributed by atoms with Gasteiger partial charge in [0.15, 0.2) is 0 Å². The number of rotatable bonds is 5. The lowest BCUT2D eigenvalue weighted by molar-refractivity contribution is -0.117. The molecule has 1 aliphatic heterocycles. The fourth-order valence-electron chi connectivity index (χ4n) is 2.09. The summed E-state index contributed by atoms with van der Waals surface area (Å²) in [5.74, 6) is -0.0299. The van der Waals surface area contributed by atoms with Crippen molar-refractivity contribution in [3.05, 3.63) is 27.1 Å². The Morgan fingerprint density at radius 2 is 2.10 bits per heavy atom. The molecule has 1 aliphatic rings. The van der Waals surface area contributed by atoms with Gasteiger partial charge in [-0.1, -0.05) is 15.9 Å². The van der Waals surface area contributed by atoms with Crippen molar-refractivity contribution < 1.29 is 9.53 Å². The summed E-state index contributed by atoms with van der Waals surface area (Å²) in [6, 6.07) is 5.68. The Balaban J connectivity index is 1.73. The van der Waals surface area contributed by atoms with E-state index in [4.69, 9.17) is 4.74 Å². The van der Waals surface area contributed by atoms with E-state index in [-0.39, 0.29) is 5.91 Å². The second-order valence-corrected chi connectivity index (χ2v) is 6.51. The van der Waals surface area contributed by atoms with Gasteiger partial charge in [-0.25, -0.2) is 0 Å². The number of anilines is 1. The highest BCUT2D eigenvalue weighted by atomic mass is 79.9. The van der Waals surface area contributed by atoms with E-state index in [1.54, 1.807) is 0 Å². The Bertz CT molecular complexity index is 462. The van der Waals surface area contributed by atoms with Crippen LogP contribution >= 0.6 is 31.9 Å². The molecule has 1 saturated heterocycles. The van der Waals surface area contributed by atoms with Crippen molar-refractivity contribution in [2.45, 2.75) is 25.4 Å². The second-order valence-electron chi connectivity index (χ2n) is 4.74. The molecule has 1 heterocycles. The molecule has 0 radical (unpaired) electrons. The van der Waals surface area contributed by atoms with E-state index < -0.39 is 0 Å². The highest BCUT2D eigenvalue weighted by molar-refractivity contribution is 9.11. The van der Waals surface area contributed by atoms with Crippen molar-refractivity contribution in [2.75, 3.05) is 25.0 Å². The largest absolute Gasteiger partial charge is 0.378 e. The maximum Gasteiger partial charge on any atom is 0.226 e. The molecule has 0 saturated carbocycles. The minimum atomic E-state index is -0.0299. The van der Waals surface area contributed by atoms with Gasteiger partial charge in [-0.2, -0.15) is 0 Å². The maximum absolute atomic E-state index is 11.9. The molecular weight excluding hydrogens is 388 g/mol. The summed E-state index contributed by atoms with van der Waals surface area (Å²) >= 11 is 6.80. The van der Waals surface area contributed by atoms with Crippen LogP contribution in [0.15, 0.2) is 27.1 Å². The number of amides is 1. The number of hydrogen-bond donors (Lipinski definition) is 2. The van der Waals surface area contributed by atoms with Crippen molar-refractivity contribution in [2.24, 2.45) is 0 Å². The average Bonchev–Trinajstić information content (AvgIpc) is 2.44. The number of hydrogen-bond acceptors (Lipinski definition) is 3. The zero-order valence-electron chi connectivity index (χ0n) is 11.1. The van der Waals surface area contributed by atoms with Crippen LogP contribution in [0.2, 0.25) is 0 Å². The van der Waals surface area contributed by atoms with Gasteiger partial charge in [-0.3, -0.25) is 4.79 Å². The highest BCUT2D eigenvalue weighted by Crippen LogP contribution is 2.26. The molecule has 1 amide bonds. The molecule has 0 unspecified atom stereocenters. The summed E-state index contributed by atoms with van der Waals surface area (Å²) < 4.78 is 7.52. The first-order valence-corrected chi connectivity index (χ1v) is 8.31. The van der Waals surface area contributed by atoms with Crippen LogP contribution < -0.4 is 10.6 Å². The molecule has 110 valence electrons. The topological polar surface area (TPSA) is 50.4 Å². The van der Waals surface area contributed by atoms with Gasteiger partial charge >= 0.3 is 0 Å². The summed E-state index contributed by atoms with van der Waals surface area (Å²) in [5, 5.41) is 6.17. The van der Waals surface area contributed by atoms with Crippen LogP contribution in [-0.4, -0.2) is 31.7 Å². The van der Waals surface area contributed by atoms with Gasteiger partial charge < -0.3 is 15.4 Å². The van der Waals surface area contributed by atoms with Crippen molar-refractivity contribution in [3.63, 3.8) is 0 Å². The number of nitrogens with one attached hydrogen (secondary N) is 2. The summed E-state index contributed by atoms with van der Waals surface area (Å²) in [6.45, 7) is 2.48. The van der Waals surface area contributed by atoms with Crippen LogP contribution in [0.25, 0.3) is 0 Å². The van der Waals surface area contributed by atoms with Crippen LogP contribution in [-0.2, 0) is 9.53 Å². The van der Waals surface area contributed by atoms with Gasteiger partial charge in [0.1, 0.15) is 0 Å². The lowest BCUT2D eigenvalue weighted by Crippen LogP contribution is -2.33. The summed E-state index contributed by atoms with van der Waals surface area (Å²) in [4.78, 5) is 11.9. The Morgan fingerprint density at radius 3 is 2.85 bits per heavy atom. The van der Waals surface area contributed by atoms with Crippen molar-refractivity contribution in [3.8, 4) is 0 Å². The fraction of sp³-hybridized carbons (Fsp3) is 0.500. The van der Waals surface area contributed by atoms with Gasteiger partial charge in [0.2, 0.25) is 5.91 Å². The number of halogens is 2. The third-order valence-corrected chi connectivity index (χ3v) is 4.36. The van der Waals surface area contributed by atoms with E-state index in [1.165, 1.54) is 0 Å². The first kappa shape index (κ1) is 15.9. The summed E-state index contributed by atoms with van der Waals surface area (Å²) in [6.07, 6.45) is 2.72. The van der Waals surface area contributed by atoms with Gasteiger partial charge in [0.05, 0.1) is 24.8 Å². The smallest absolute Gasteiger partial charge is 0.226 e. The highest BCUT2D eigenvalue weighted by Gasteiger charge is 2.14. The van der Waals surface area contributed by atoms with E-state index in [2.05, 4.69) is 42.5 Å². The lowest BCUT2D eigenvalue weighted by atomic mass is 10.1. The normalized spacial score (nSPS) is 16.1. The third kappa shape index (κ3) is 5.16. The standard InChI is InChI=1S/C14H18Br2N2O2/c15-10-1-2-12(16)13(9-10)18-14(19)5-8-20-11-3-6-17-7-4-11/h1-2,9,11,17H,3-8H2,(H,18,19). The molecule has 1 aromatic rings. The van der Waals surface area contributed by atoms with E-state index in [1.807, 2.05) is 18.2 Å². The quantitative estimate of drug-likeness (QED) is 0.789. The summed E-state index contributed by atoms with van der Waals surface area (Å²) in [5.41, 5.74) is 0.770. The number of carbonyl (C=O) groups is 1. The van der Waals surface area contributed by atoms with Crippen LogP contribution in [0.3, 0.4) is 0 Å². The van der Waals surface area contributed by atoms with E-state index in [9.17, 15) is 4.79 Å². The third-order valence-electron chi connectivity index (χ3n) is 3.17. The SMILES string of the molecule is O=C(CCOC1CCNCC1)Nc1cc(Br)ccc1Br. The molecule has 1 fully saturated rings. The van der Waals surface area contributed by atoms with Gasteiger partial charge in [-0.15, -0.1) is 0 Å². The second kappa shape index (κ2) is 8.12. The number of benzene rings is 1. The maximum atomic E-state index is 11.9. The molecule has 0 bridgehead atoms. The number of piperidine rings is 1. The Kier molecular flexibility index (Phi) is 6.48. The molecule has 0 aromatic heterocycles. The van der Waals surface area contributed by atoms with Crippen molar-refractivity contribution in [1.29, 1.82) is 0 Å². The molecule has 0 aliphatic carbocycles. The van der Waals surface area contributed by atoms with Crippen molar-refractivity contribution in [1.82, 2.24) is 5.32 Å². The fourth-order valence-corrected chi connectivity index (χ4v) is 2.79. The Morgan fingerprint density at radius 1 is 1.35 bits per heavy atom. The van der Waals surface area contributed by atoms with Crippen LogP contribution in [0, 0.1) is 0 Å². The molecule has 1 aromatic carbocycles. The van der Waals surface area contributed by atoms with E-state index in [0.29, 0.717) is 19.1 Å². The minimum absolute atomic E-state index is 0.0299. The zero-order chi connectivity index (χ0) is 14.4. The molecule has 0 atom stereocenters. The number of carbonyl (C=O) groups excluding carboxylic acids is 1. The van der Waals surface area contributed by atoms with Crippen molar-refractivity contribution >= 4 is 43.5 Å². The molecule has 2 N–H and O–H groups in total. The van der Waals surface area contributed by atoms with Gasteiger partial charge in [0.25, 0.3) is 0 Å². The first-order chi connectivity index (χ1) is 9.65. The van der Waals surface area contributed by atoms with E-state index >= 15 is 0 Å². The minimum Gasteiger partial charge on any atom is -0.378 e. The zero-order valence-corrected chi connectivity index (χ0v) is 14.3. The predicted octanol–water partition coefficient (Wildman–Crippen LogP) is 3.31.